The number of carbonyl (C=O) groups is 2. The monoisotopic (exact) mass is 362 g/mol. The number of ether oxygens (including phenoxy) is 2. The topological polar surface area (TPSA) is 52.6 Å². The van der Waals surface area contributed by atoms with E-state index in [9.17, 15) is 9.59 Å². The summed E-state index contributed by atoms with van der Waals surface area (Å²) < 4.78 is 11.5. The lowest BCUT2D eigenvalue weighted by molar-refractivity contribution is -0.130. The summed E-state index contributed by atoms with van der Waals surface area (Å²) in [5.74, 6) is 0.488. The molecule has 0 heterocycles. The van der Waals surface area contributed by atoms with Gasteiger partial charge in [-0.3, -0.25) is 0 Å². The summed E-state index contributed by atoms with van der Waals surface area (Å²) in [5.41, 5.74) is 2.94. The largest absolute Gasteiger partial charge is 0.422 e. The third-order valence-electron chi connectivity index (χ3n) is 5.90. The second-order valence-corrected chi connectivity index (χ2v) is 7.75. The van der Waals surface area contributed by atoms with Gasteiger partial charge in [-0.05, 0) is 43.6 Å². The number of aryl methyl sites for hydroxylation is 1. The Morgan fingerprint density at radius 2 is 1.78 bits per heavy atom. The van der Waals surface area contributed by atoms with Crippen LogP contribution in [-0.2, 0) is 15.0 Å². The highest BCUT2D eigenvalue weighted by atomic mass is 16.5. The van der Waals surface area contributed by atoms with Crippen molar-refractivity contribution in [2.24, 2.45) is 0 Å². The molecule has 0 amide bonds. The molecule has 2 unspecified atom stereocenters. The first-order valence-corrected chi connectivity index (χ1v) is 9.17. The molecule has 2 aromatic carbocycles. The summed E-state index contributed by atoms with van der Waals surface area (Å²) in [5, 5.41) is 1.56. The molecule has 138 valence electrons. The summed E-state index contributed by atoms with van der Waals surface area (Å²) in [7, 11) is 0. The smallest absolute Gasteiger partial charge is 0.335 e. The molecular formula is C23H22O4. The van der Waals surface area contributed by atoms with Gasteiger partial charge in [0.05, 0.1) is 0 Å². The van der Waals surface area contributed by atoms with E-state index in [0.717, 1.165) is 46.7 Å². The lowest BCUT2D eigenvalue weighted by atomic mass is 9.78. The van der Waals surface area contributed by atoms with Crippen molar-refractivity contribution in [2.75, 3.05) is 0 Å². The van der Waals surface area contributed by atoms with Crippen LogP contribution >= 0.6 is 0 Å². The zero-order valence-corrected chi connectivity index (χ0v) is 15.6. The zero-order valence-electron chi connectivity index (χ0n) is 15.6. The highest BCUT2D eigenvalue weighted by Gasteiger charge is 2.50. The summed E-state index contributed by atoms with van der Waals surface area (Å²) in [6.07, 6.45) is 5.38. The standard InChI is InChI=1S/C23H22O4/c1-5-17(24)26-21-16-11-13(3)7-8-15(16)22(27-18(25)6-2)20-19(21)14-9-10-23(20,4)12-14/h5-8,11,14H,1-2,9-10,12H2,3-4H3. The van der Waals surface area contributed by atoms with Crippen LogP contribution in [0.15, 0.2) is 43.5 Å². The van der Waals surface area contributed by atoms with Crippen molar-refractivity contribution >= 4 is 22.7 Å². The van der Waals surface area contributed by atoms with E-state index in [1.54, 1.807) is 0 Å². The van der Waals surface area contributed by atoms with E-state index < -0.39 is 11.9 Å². The van der Waals surface area contributed by atoms with E-state index in [1.807, 2.05) is 25.1 Å². The van der Waals surface area contributed by atoms with Crippen LogP contribution in [0.25, 0.3) is 10.8 Å². The molecule has 0 spiro atoms. The molecule has 0 saturated heterocycles. The lowest BCUT2D eigenvalue weighted by Crippen LogP contribution is -2.20. The van der Waals surface area contributed by atoms with Crippen LogP contribution in [0, 0.1) is 6.92 Å². The summed E-state index contributed by atoms with van der Waals surface area (Å²) in [6.45, 7) is 11.2. The van der Waals surface area contributed by atoms with Gasteiger partial charge in [0.15, 0.2) is 0 Å². The molecule has 27 heavy (non-hydrogen) atoms. The first-order valence-electron chi connectivity index (χ1n) is 9.17. The van der Waals surface area contributed by atoms with E-state index in [4.69, 9.17) is 9.47 Å². The number of carbonyl (C=O) groups excluding carboxylic acids is 2. The fraction of sp³-hybridized carbons (Fsp3) is 0.304. The van der Waals surface area contributed by atoms with Gasteiger partial charge in [-0.25, -0.2) is 9.59 Å². The van der Waals surface area contributed by atoms with E-state index in [1.165, 1.54) is 12.2 Å². The van der Waals surface area contributed by atoms with Crippen LogP contribution in [-0.4, -0.2) is 11.9 Å². The van der Waals surface area contributed by atoms with Crippen molar-refractivity contribution in [3.63, 3.8) is 0 Å². The maximum absolute atomic E-state index is 12.1. The van der Waals surface area contributed by atoms with Gasteiger partial charge in [0.2, 0.25) is 0 Å². The van der Waals surface area contributed by atoms with Crippen molar-refractivity contribution < 1.29 is 19.1 Å². The SMILES string of the molecule is C=CC(=O)Oc1c2c(c(OC(=O)C=C)c3ccc(C)cc13)C1(C)CCC2C1. The van der Waals surface area contributed by atoms with Gasteiger partial charge in [0, 0.05) is 34.1 Å². The van der Waals surface area contributed by atoms with Crippen molar-refractivity contribution in [3.8, 4) is 11.5 Å². The fourth-order valence-corrected chi connectivity index (χ4v) is 4.76. The van der Waals surface area contributed by atoms with Gasteiger partial charge in [0.1, 0.15) is 11.5 Å². The maximum Gasteiger partial charge on any atom is 0.335 e. The van der Waals surface area contributed by atoms with Crippen LogP contribution in [0.5, 0.6) is 11.5 Å². The van der Waals surface area contributed by atoms with E-state index in [0.29, 0.717) is 17.4 Å². The Morgan fingerprint density at radius 3 is 2.44 bits per heavy atom. The predicted octanol–water partition coefficient (Wildman–Crippen LogP) is 4.87. The van der Waals surface area contributed by atoms with Gasteiger partial charge < -0.3 is 9.47 Å². The Bertz CT molecular complexity index is 1020. The first-order chi connectivity index (χ1) is 12.9. The van der Waals surface area contributed by atoms with Crippen LogP contribution in [0.2, 0.25) is 0 Å². The van der Waals surface area contributed by atoms with Crippen LogP contribution in [0.3, 0.4) is 0 Å². The van der Waals surface area contributed by atoms with Crippen LogP contribution in [0.4, 0.5) is 0 Å². The first kappa shape index (κ1) is 17.5. The van der Waals surface area contributed by atoms with Crippen LogP contribution in [0.1, 0.15) is 48.8 Å². The Hall–Kier alpha value is -2.88. The average Bonchev–Trinajstić information content (AvgIpc) is 3.17. The van der Waals surface area contributed by atoms with E-state index >= 15 is 0 Å². The third-order valence-corrected chi connectivity index (χ3v) is 5.90. The number of hydrogen-bond acceptors (Lipinski definition) is 4. The molecule has 2 atom stereocenters. The predicted molar refractivity (Wildman–Crippen MR) is 104 cm³/mol. The Morgan fingerprint density at radius 1 is 1.11 bits per heavy atom. The molecule has 0 N–H and O–H groups in total. The summed E-state index contributed by atoms with van der Waals surface area (Å²) in [6, 6.07) is 5.87. The molecule has 0 aliphatic heterocycles. The number of benzene rings is 2. The van der Waals surface area contributed by atoms with E-state index in [2.05, 4.69) is 20.1 Å². The molecule has 0 radical (unpaired) electrons. The number of esters is 2. The third kappa shape index (κ3) is 2.59. The van der Waals surface area contributed by atoms with Crippen molar-refractivity contribution in [3.05, 3.63) is 60.2 Å². The molecule has 2 aromatic rings. The highest BCUT2D eigenvalue weighted by molar-refractivity contribution is 6.01. The lowest BCUT2D eigenvalue weighted by Gasteiger charge is -2.29. The Kier molecular flexibility index (Phi) is 3.95. The van der Waals surface area contributed by atoms with Gasteiger partial charge in [0.25, 0.3) is 0 Å². The molecule has 4 nitrogen and oxygen atoms in total. The number of fused-ring (bicyclic) bond motifs is 6. The fourth-order valence-electron chi connectivity index (χ4n) is 4.76. The van der Waals surface area contributed by atoms with Crippen molar-refractivity contribution in [1.29, 1.82) is 0 Å². The minimum atomic E-state index is -0.485. The molecule has 2 aliphatic rings. The Labute approximate surface area is 158 Å². The van der Waals surface area contributed by atoms with Gasteiger partial charge in [-0.15, -0.1) is 0 Å². The van der Waals surface area contributed by atoms with Gasteiger partial charge in [-0.2, -0.15) is 0 Å². The number of hydrogen-bond donors (Lipinski definition) is 0. The molecule has 1 saturated carbocycles. The summed E-state index contributed by atoms with van der Waals surface area (Å²) >= 11 is 0. The molecule has 0 aromatic heterocycles. The van der Waals surface area contributed by atoms with Gasteiger partial charge >= 0.3 is 11.9 Å². The number of rotatable bonds is 4. The second kappa shape index (κ2) is 6.08. The van der Waals surface area contributed by atoms with E-state index in [-0.39, 0.29) is 5.41 Å². The minimum absolute atomic E-state index is 0.0921. The minimum Gasteiger partial charge on any atom is -0.422 e. The molecule has 1 fully saturated rings. The average molecular weight is 362 g/mol. The quantitative estimate of drug-likeness (QED) is 0.442. The molecule has 4 heteroatoms. The Balaban J connectivity index is 2.10. The second-order valence-electron chi connectivity index (χ2n) is 7.75. The maximum atomic E-state index is 12.1. The highest BCUT2D eigenvalue weighted by Crippen LogP contribution is 2.64. The zero-order chi connectivity index (χ0) is 19.3. The molecule has 4 rings (SSSR count). The normalized spacial score (nSPS) is 22.4. The molecule has 2 bridgehead atoms. The van der Waals surface area contributed by atoms with Crippen molar-refractivity contribution in [1.82, 2.24) is 0 Å². The van der Waals surface area contributed by atoms with Gasteiger partial charge in [-0.1, -0.05) is 37.8 Å². The molecule has 2 aliphatic carbocycles. The summed E-state index contributed by atoms with van der Waals surface area (Å²) in [4.78, 5) is 24.1. The molecular weight excluding hydrogens is 340 g/mol. The van der Waals surface area contributed by atoms with Crippen LogP contribution < -0.4 is 9.47 Å². The van der Waals surface area contributed by atoms with Crippen molar-refractivity contribution in [2.45, 2.75) is 44.4 Å².